The maximum absolute atomic E-state index is 4.43. The lowest BCUT2D eigenvalue weighted by Crippen LogP contribution is -2.00. The minimum Gasteiger partial charge on any atom is -0.268 e. The molecule has 0 N–H and O–H groups in total. The van der Waals surface area contributed by atoms with Crippen molar-refractivity contribution in [1.29, 1.82) is 0 Å². The van der Waals surface area contributed by atoms with Gasteiger partial charge in [-0.1, -0.05) is 0 Å². The Morgan fingerprint density at radius 1 is 1.40 bits per heavy atom. The molecule has 15 heavy (non-hydrogen) atoms. The summed E-state index contributed by atoms with van der Waals surface area (Å²) in [5.74, 6) is 0. The molecule has 2 aromatic heterocycles. The Morgan fingerprint density at radius 3 is 2.73 bits per heavy atom. The highest BCUT2D eigenvalue weighted by Gasteiger charge is 2.10. The molecule has 0 amide bonds. The number of halogens is 1. The fourth-order valence-electron chi connectivity index (χ4n) is 1.26. The third kappa shape index (κ3) is 2.17. The van der Waals surface area contributed by atoms with Gasteiger partial charge in [0.25, 0.3) is 0 Å². The number of hydrogen-bond acceptors (Lipinski definition) is 3. The van der Waals surface area contributed by atoms with Gasteiger partial charge in [0.15, 0.2) is 0 Å². The molecule has 78 valence electrons. The molecule has 0 saturated carbocycles. The van der Waals surface area contributed by atoms with E-state index in [1.165, 1.54) is 0 Å². The van der Waals surface area contributed by atoms with Crippen molar-refractivity contribution in [3.63, 3.8) is 0 Å². The van der Waals surface area contributed by atoms with E-state index in [0.717, 1.165) is 15.0 Å². The summed E-state index contributed by atoms with van der Waals surface area (Å²) in [5.41, 5.74) is 1.98. The Kier molecular flexibility index (Phi) is 2.99. The highest BCUT2D eigenvalue weighted by Crippen LogP contribution is 2.23. The number of aromatic nitrogens is 4. The lowest BCUT2D eigenvalue weighted by molar-refractivity contribution is 0.529. The molecule has 0 aliphatic carbocycles. The van der Waals surface area contributed by atoms with Gasteiger partial charge in [0.05, 0.1) is 11.3 Å². The van der Waals surface area contributed by atoms with E-state index in [-0.39, 0.29) is 0 Å². The minimum atomic E-state index is 0.370. The number of nitrogens with zero attached hydrogens (tertiary/aromatic N) is 4. The highest BCUT2D eigenvalue weighted by atomic mass is 127. The topological polar surface area (TPSA) is 43.6 Å². The van der Waals surface area contributed by atoms with Crippen LogP contribution in [0.25, 0.3) is 11.3 Å². The first-order chi connectivity index (χ1) is 7.18. The molecular formula is C10H11IN4. The first kappa shape index (κ1) is 10.5. The summed E-state index contributed by atoms with van der Waals surface area (Å²) in [6.07, 6.45) is 5.32. The van der Waals surface area contributed by atoms with E-state index in [1.54, 1.807) is 12.5 Å². The van der Waals surface area contributed by atoms with E-state index < -0.39 is 0 Å². The van der Waals surface area contributed by atoms with E-state index in [2.05, 4.69) is 51.5 Å². The predicted octanol–water partition coefficient (Wildman–Crippen LogP) is 2.53. The van der Waals surface area contributed by atoms with Crippen molar-refractivity contribution in [2.45, 2.75) is 19.9 Å². The molecule has 0 atom stereocenters. The Morgan fingerprint density at radius 2 is 2.20 bits per heavy atom. The Bertz CT molecular complexity index is 450. The van der Waals surface area contributed by atoms with Gasteiger partial charge in [-0.2, -0.15) is 5.10 Å². The van der Waals surface area contributed by atoms with Crippen LogP contribution in [-0.4, -0.2) is 19.7 Å². The summed E-state index contributed by atoms with van der Waals surface area (Å²) in [5, 5.41) is 4.43. The van der Waals surface area contributed by atoms with E-state index in [9.17, 15) is 0 Å². The van der Waals surface area contributed by atoms with Gasteiger partial charge in [-0.05, 0) is 42.5 Å². The zero-order chi connectivity index (χ0) is 10.8. The second-order valence-electron chi connectivity index (χ2n) is 3.50. The van der Waals surface area contributed by atoms with E-state index in [4.69, 9.17) is 0 Å². The minimum absolute atomic E-state index is 0.370. The van der Waals surface area contributed by atoms with Gasteiger partial charge in [0.1, 0.15) is 10.0 Å². The molecule has 2 aromatic rings. The molecule has 0 fully saturated rings. The average Bonchev–Trinajstić information content (AvgIpc) is 2.62. The van der Waals surface area contributed by atoms with Crippen LogP contribution in [0.5, 0.6) is 0 Å². The maximum Gasteiger partial charge on any atom is 0.132 e. The van der Waals surface area contributed by atoms with Gasteiger partial charge in [-0.15, -0.1) is 0 Å². The van der Waals surface area contributed by atoms with Crippen LogP contribution in [-0.2, 0) is 0 Å². The summed E-state index contributed by atoms with van der Waals surface area (Å²) in [4.78, 5) is 8.11. The van der Waals surface area contributed by atoms with Crippen LogP contribution in [0.2, 0.25) is 0 Å². The molecule has 0 aliphatic rings. The van der Waals surface area contributed by atoms with Crippen LogP contribution in [0.15, 0.2) is 24.8 Å². The number of rotatable bonds is 2. The van der Waals surface area contributed by atoms with Crippen LogP contribution in [0, 0.1) is 3.70 Å². The summed E-state index contributed by atoms with van der Waals surface area (Å²) in [6, 6.07) is 2.26. The molecule has 5 heteroatoms. The lowest BCUT2D eigenvalue weighted by Gasteiger charge is -2.02. The smallest absolute Gasteiger partial charge is 0.132 e. The van der Waals surface area contributed by atoms with Crippen LogP contribution in [0.1, 0.15) is 19.9 Å². The largest absolute Gasteiger partial charge is 0.268 e. The molecule has 0 aliphatic heterocycles. The van der Waals surface area contributed by atoms with E-state index in [1.807, 2.05) is 16.9 Å². The highest BCUT2D eigenvalue weighted by molar-refractivity contribution is 14.1. The first-order valence-electron chi connectivity index (χ1n) is 4.69. The first-order valence-corrected chi connectivity index (χ1v) is 5.77. The van der Waals surface area contributed by atoms with Crippen molar-refractivity contribution in [3.8, 4) is 11.3 Å². The van der Waals surface area contributed by atoms with Crippen molar-refractivity contribution in [3.05, 3.63) is 28.5 Å². The third-order valence-corrected chi connectivity index (χ3v) is 2.87. The van der Waals surface area contributed by atoms with Gasteiger partial charge >= 0.3 is 0 Å². The molecular weight excluding hydrogens is 303 g/mol. The number of hydrogen-bond donors (Lipinski definition) is 0. The molecule has 0 aromatic carbocycles. The normalized spacial score (nSPS) is 10.9. The van der Waals surface area contributed by atoms with Crippen LogP contribution >= 0.6 is 22.6 Å². The van der Waals surface area contributed by atoms with Crippen molar-refractivity contribution < 1.29 is 0 Å². The monoisotopic (exact) mass is 314 g/mol. The van der Waals surface area contributed by atoms with Gasteiger partial charge in [-0.3, -0.25) is 4.68 Å². The van der Waals surface area contributed by atoms with Crippen molar-refractivity contribution >= 4 is 22.6 Å². The van der Waals surface area contributed by atoms with Crippen molar-refractivity contribution in [1.82, 2.24) is 19.7 Å². The Labute approximate surface area is 102 Å². The lowest BCUT2D eigenvalue weighted by atomic mass is 10.2. The van der Waals surface area contributed by atoms with Crippen LogP contribution in [0.3, 0.4) is 0 Å². The standard InChI is InChI=1S/C10H11IN4/c1-7(2)15-5-8(10(11)14-15)9-3-4-12-6-13-9/h3-7H,1-2H3. The molecule has 0 unspecified atom stereocenters. The maximum atomic E-state index is 4.43. The van der Waals surface area contributed by atoms with Crippen molar-refractivity contribution in [2.24, 2.45) is 0 Å². The molecule has 4 nitrogen and oxygen atoms in total. The second kappa shape index (κ2) is 4.26. The van der Waals surface area contributed by atoms with Gasteiger partial charge in [-0.25, -0.2) is 9.97 Å². The Balaban J connectivity index is 2.45. The van der Waals surface area contributed by atoms with E-state index >= 15 is 0 Å². The molecule has 0 radical (unpaired) electrons. The summed E-state index contributed by atoms with van der Waals surface area (Å²) in [7, 11) is 0. The predicted molar refractivity (Wildman–Crippen MR) is 66.4 cm³/mol. The fourth-order valence-corrected chi connectivity index (χ4v) is 1.92. The van der Waals surface area contributed by atoms with Gasteiger partial charge in [0, 0.05) is 18.4 Å². The summed E-state index contributed by atoms with van der Waals surface area (Å²) in [6.45, 7) is 4.21. The quantitative estimate of drug-likeness (QED) is 0.800. The van der Waals surface area contributed by atoms with Crippen LogP contribution in [0.4, 0.5) is 0 Å². The SMILES string of the molecule is CC(C)n1cc(-c2ccncn2)c(I)n1. The van der Waals surface area contributed by atoms with Crippen molar-refractivity contribution in [2.75, 3.05) is 0 Å². The summed E-state index contributed by atoms with van der Waals surface area (Å²) < 4.78 is 2.92. The van der Waals surface area contributed by atoms with Gasteiger partial charge < -0.3 is 0 Å². The molecule has 0 bridgehead atoms. The molecule has 0 spiro atoms. The third-order valence-electron chi connectivity index (χ3n) is 2.07. The van der Waals surface area contributed by atoms with Gasteiger partial charge in [0.2, 0.25) is 0 Å². The Hall–Kier alpha value is -0.980. The molecule has 2 rings (SSSR count). The summed E-state index contributed by atoms with van der Waals surface area (Å²) >= 11 is 2.23. The molecule has 0 saturated heterocycles. The van der Waals surface area contributed by atoms with Crippen LogP contribution < -0.4 is 0 Å². The average molecular weight is 314 g/mol. The zero-order valence-electron chi connectivity index (χ0n) is 8.55. The fraction of sp³-hybridized carbons (Fsp3) is 0.300. The van der Waals surface area contributed by atoms with E-state index in [0.29, 0.717) is 6.04 Å². The molecule has 2 heterocycles. The second-order valence-corrected chi connectivity index (χ2v) is 4.52. The zero-order valence-corrected chi connectivity index (χ0v) is 10.7.